The Morgan fingerprint density at radius 2 is 1.23 bits per heavy atom. The highest BCUT2D eigenvalue weighted by molar-refractivity contribution is 5.64. The zero-order valence-electron chi connectivity index (χ0n) is 20.2. The second-order valence-electron chi connectivity index (χ2n) is 8.73. The lowest BCUT2D eigenvalue weighted by Crippen LogP contribution is -2.45. The van der Waals surface area contributed by atoms with Crippen LogP contribution in [0, 0.1) is 30.3 Å². The Morgan fingerprint density at radius 3 is 1.63 bits per heavy atom. The van der Waals surface area contributed by atoms with Crippen LogP contribution in [0.25, 0.3) is 0 Å². The van der Waals surface area contributed by atoms with Crippen LogP contribution in [-0.2, 0) is 0 Å². The van der Waals surface area contributed by atoms with Gasteiger partial charge in [0.15, 0.2) is 0 Å². The second-order valence-corrected chi connectivity index (χ2v) is 8.73. The third-order valence-electron chi connectivity index (χ3n) is 6.06. The Morgan fingerprint density at radius 1 is 0.800 bits per heavy atom. The number of nitro groups is 3. The molecule has 11 nitrogen and oxygen atoms in total. The Balaban J connectivity index is 0.000000355. The molecule has 0 aliphatic carbocycles. The van der Waals surface area contributed by atoms with Gasteiger partial charge in [-0.1, -0.05) is 63.5 Å². The van der Waals surface area contributed by atoms with E-state index in [0.717, 1.165) is 19.4 Å². The first-order valence-electron chi connectivity index (χ1n) is 11.9. The highest BCUT2D eigenvalue weighted by Crippen LogP contribution is 2.39. The quantitative estimate of drug-likeness (QED) is 0.247. The third kappa shape index (κ3) is 10.2. The molecule has 0 unspecified atom stereocenters. The summed E-state index contributed by atoms with van der Waals surface area (Å²) in [6.07, 6.45) is 20.1. The van der Waals surface area contributed by atoms with E-state index in [-0.39, 0.29) is 5.54 Å². The van der Waals surface area contributed by atoms with Crippen molar-refractivity contribution in [2.45, 2.75) is 82.6 Å². The number of phenolic OH excluding ortho intramolecular Hbond substituents is 1. The van der Waals surface area contributed by atoms with Gasteiger partial charge in [-0.3, -0.25) is 30.3 Å². The number of benzene rings is 1. The Hall–Kier alpha value is -3.34. The monoisotopic (exact) mass is 492 g/mol. The molecule has 1 saturated heterocycles. The molecule has 0 spiro atoms. The number of nitrogens with zero attached hydrogens (tertiary/aromatic N) is 3. The van der Waals surface area contributed by atoms with Crippen molar-refractivity contribution in [3.05, 3.63) is 67.8 Å². The van der Waals surface area contributed by atoms with Gasteiger partial charge in [-0.05, 0) is 32.2 Å². The van der Waals surface area contributed by atoms with Crippen LogP contribution >= 0.6 is 0 Å². The maximum atomic E-state index is 10.4. The lowest BCUT2D eigenvalue weighted by Gasteiger charge is -2.34. The van der Waals surface area contributed by atoms with E-state index in [2.05, 4.69) is 30.6 Å². The van der Waals surface area contributed by atoms with Crippen molar-refractivity contribution in [2.24, 2.45) is 0 Å². The molecule has 35 heavy (non-hydrogen) atoms. The van der Waals surface area contributed by atoms with Gasteiger partial charge in [0.05, 0.1) is 26.9 Å². The summed E-state index contributed by atoms with van der Waals surface area (Å²) in [5, 5.41) is 44.0. The smallest absolute Gasteiger partial charge is 0.324 e. The highest BCUT2D eigenvalue weighted by atomic mass is 16.6. The van der Waals surface area contributed by atoms with E-state index >= 15 is 0 Å². The van der Waals surface area contributed by atoms with Crippen molar-refractivity contribution >= 4 is 17.1 Å². The molecule has 0 amide bonds. The van der Waals surface area contributed by atoms with Crippen LogP contribution in [0.2, 0.25) is 0 Å². The maximum Gasteiger partial charge on any atom is 0.324 e. The van der Waals surface area contributed by atoms with Gasteiger partial charge in [-0.25, -0.2) is 0 Å². The number of hydrogen-bond acceptors (Lipinski definition) is 8. The van der Waals surface area contributed by atoms with Crippen molar-refractivity contribution in [1.29, 1.82) is 0 Å². The Kier molecular flexibility index (Phi) is 13.2. The van der Waals surface area contributed by atoms with Crippen molar-refractivity contribution in [1.82, 2.24) is 5.32 Å². The zero-order valence-corrected chi connectivity index (χ0v) is 20.2. The normalized spacial score (nSPS) is 16.7. The summed E-state index contributed by atoms with van der Waals surface area (Å²) in [6.45, 7) is 9.06. The molecular formula is C24H36N4O7. The summed E-state index contributed by atoms with van der Waals surface area (Å²) in [4.78, 5) is 27.8. The maximum absolute atomic E-state index is 10.4. The fourth-order valence-electron chi connectivity index (χ4n) is 4.23. The SMILES string of the molecule is C=CCC1(CC=C)CCCCCCCCCCCN1.O=[N+]([O-])c1cc([N+](=O)[O-])c(O)c([N+](=O)[O-])c1. The number of phenols is 1. The predicted octanol–water partition coefficient (Wildman–Crippen LogP) is 6.50. The summed E-state index contributed by atoms with van der Waals surface area (Å²) in [7, 11) is 0. The molecular weight excluding hydrogens is 456 g/mol. The van der Waals surface area contributed by atoms with Crippen LogP contribution in [0.1, 0.15) is 77.0 Å². The molecule has 0 saturated carbocycles. The lowest BCUT2D eigenvalue weighted by atomic mass is 9.85. The summed E-state index contributed by atoms with van der Waals surface area (Å²) in [6, 6.07) is 0.894. The molecule has 2 rings (SSSR count). The molecule has 1 aromatic carbocycles. The molecule has 1 aliphatic rings. The van der Waals surface area contributed by atoms with Crippen LogP contribution in [0.4, 0.5) is 17.1 Å². The van der Waals surface area contributed by atoms with Crippen molar-refractivity contribution in [3.63, 3.8) is 0 Å². The predicted molar refractivity (Wildman–Crippen MR) is 135 cm³/mol. The average Bonchev–Trinajstić information content (AvgIpc) is 2.82. The molecule has 194 valence electrons. The van der Waals surface area contributed by atoms with E-state index < -0.39 is 37.6 Å². The number of aromatic hydroxyl groups is 1. The molecule has 0 bridgehead atoms. The first-order chi connectivity index (χ1) is 16.7. The van der Waals surface area contributed by atoms with E-state index in [1.165, 1.54) is 64.2 Å². The molecule has 0 radical (unpaired) electrons. The molecule has 1 aliphatic heterocycles. The van der Waals surface area contributed by atoms with Gasteiger partial charge < -0.3 is 10.4 Å². The van der Waals surface area contributed by atoms with Crippen LogP contribution in [0.15, 0.2) is 37.4 Å². The molecule has 11 heteroatoms. The molecule has 1 fully saturated rings. The van der Waals surface area contributed by atoms with Crippen molar-refractivity contribution < 1.29 is 19.9 Å². The first-order valence-corrected chi connectivity index (χ1v) is 11.9. The van der Waals surface area contributed by atoms with E-state index in [9.17, 15) is 30.3 Å². The zero-order chi connectivity index (χ0) is 26.3. The van der Waals surface area contributed by atoms with Crippen LogP contribution < -0.4 is 5.32 Å². The van der Waals surface area contributed by atoms with E-state index in [1.807, 2.05) is 0 Å². The lowest BCUT2D eigenvalue weighted by molar-refractivity contribution is -0.404. The molecule has 1 heterocycles. The number of non-ortho nitro benzene ring substituents is 1. The van der Waals surface area contributed by atoms with Crippen molar-refractivity contribution in [2.75, 3.05) is 6.54 Å². The van der Waals surface area contributed by atoms with Gasteiger partial charge in [0.1, 0.15) is 0 Å². The van der Waals surface area contributed by atoms with Crippen LogP contribution in [-0.4, -0.2) is 32.0 Å². The first kappa shape index (κ1) is 29.7. The van der Waals surface area contributed by atoms with Gasteiger partial charge in [0.2, 0.25) is 0 Å². The molecule has 2 N–H and O–H groups in total. The summed E-state index contributed by atoms with van der Waals surface area (Å²) >= 11 is 0. The molecule has 1 aromatic rings. The standard InChI is InChI=1S/C18H33N.C6H3N3O7/c1-3-14-18(15-4-2)16-12-10-8-6-5-7-9-11-13-17-19-18;10-6-4(8(13)14)1-3(7(11)12)2-5(6)9(15)16/h3-4,19H,1-2,5-17H2;1-2,10H. The van der Waals surface area contributed by atoms with Crippen molar-refractivity contribution in [3.8, 4) is 5.75 Å². The third-order valence-corrected chi connectivity index (χ3v) is 6.06. The van der Waals surface area contributed by atoms with Gasteiger partial charge in [-0.15, -0.1) is 13.2 Å². The fourth-order valence-corrected chi connectivity index (χ4v) is 4.23. The fraction of sp³-hybridized carbons (Fsp3) is 0.583. The van der Waals surface area contributed by atoms with Crippen LogP contribution in [0.3, 0.4) is 0 Å². The number of nitro benzene ring substituents is 3. The minimum absolute atomic E-state index is 0.234. The highest BCUT2D eigenvalue weighted by Gasteiger charge is 2.30. The van der Waals surface area contributed by atoms with E-state index in [1.54, 1.807) is 0 Å². The second kappa shape index (κ2) is 15.5. The van der Waals surface area contributed by atoms with Gasteiger partial charge in [0.25, 0.3) is 11.4 Å². The number of nitrogens with one attached hydrogen (secondary N) is 1. The molecule has 0 aromatic heterocycles. The van der Waals surface area contributed by atoms with E-state index in [4.69, 9.17) is 5.11 Å². The number of hydrogen-bond donors (Lipinski definition) is 2. The number of rotatable bonds is 7. The van der Waals surface area contributed by atoms with Gasteiger partial charge in [-0.2, -0.15) is 0 Å². The summed E-state index contributed by atoms with van der Waals surface area (Å²) in [5.74, 6) is -1.21. The summed E-state index contributed by atoms with van der Waals surface area (Å²) < 4.78 is 0. The van der Waals surface area contributed by atoms with Crippen LogP contribution in [0.5, 0.6) is 5.75 Å². The average molecular weight is 493 g/mol. The van der Waals surface area contributed by atoms with Gasteiger partial charge >= 0.3 is 11.4 Å². The minimum Gasteiger partial charge on any atom is -0.497 e. The van der Waals surface area contributed by atoms with Gasteiger partial charge in [0, 0.05) is 5.54 Å². The minimum atomic E-state index is -1.21. The molecule has 0 atom stereocenters. The summed E-state index contributed by atoms with van der Waals surface area (Å²) in [5.41, 5.74) is -2.77. The Bertz CT molecular complexity index is 828. The Labute approximate surface area is 205 Å². The van der Waals surface area contributed by atoms with E-state index in [0.29, 0.717) is 12.1 Å². The topological polar surface area (TPSA) is 162 Å². The largest absolute Gasteiger partial charge is 0.497 e.